The van der Waals surface area contributed by atoms with Crippen molar-refractivity contribution >= 4 is 45.2 Å². The molecule has 0 aliphatic carbocycles. The maximum Gasteiger partial charge on any atom is 0.283 e. The van der Waals surface area contributed by atoms with Crippen molar-refractivity contribution in [1.29, 1.82) is 0 Å². The molecular formula is C27H19N7O2S. The van der Waals surface area contributed by atoms with Crippen LogP contribution in [-0.2, 0) is 0 Å². The molecule has 6 rings (SSSR count). The number of pyridine rings is 2. The molecule has 0 amide bonds. The van der Waals surface area contributed by atoms with Crippen LogP contribution < -0.4 is 5.32 Å². The predicted molar refractivity (Wildman–Crippen MR) is 142 cm³/mol. The first-order valence-corrected chi connectivity index (χ1v) is 12.3. The first-order valence-electron chi connectivity index (χ1n) is 11.4. The van der Waals surface area contributed by atoms with Crippen LogP contribution in [0.25, 0.3) is 21.9 Å². The second kappa shape index (κ2) is 9.67. The van der Waals surface area contributed by atoms with E-state index in [1.165, 1.54) is 11.8 Å². The van der Waals surface area contributed by atoms with Crippen molar-refractivity contribution in [3.05, 3.63) is 119 Å². The summed E-state index contributed by atoms with van der Waals surface area (Å²) in [4.78, 5) is 22.1. The van der Waals surface area contributed by atoms with Crippen molar-refractivity contribution in [2.45, 2.75) is 16.0 Å². The Morgan fingerprint density at radius 1 is 0.865 bits per heavy atom. The molecule has 0 spiro atoms. The van der Waals surface area contributed by atoms with Crippen molar-refractivity contribution in [3.63, 3.8) is 0 Å². The molecule has 3 aromatic carbocycles. The minimum Gasteiger partial charge on any atom is -0.345 e. The Labute approximate surface area is 215 Å². The van der Waals surface area contributed by atoms with Gasteiger partial charge in [-0.1, -0.05) is 59.4 Å². The van der Waals surface area contributed by atoms with Gasteiger partial charge in [0.15, 0.2) is 0 Å². The van der Waals surface area contributed by atoms with Gasteiger partial charge in [0.2, 0.25) is 0 Å². The maximum atomic E-state index is 12.2. The lowest BCUT2D eigenvalue weighted by molar-refractivity contribution is -0.387. The summed E-state index contributed by atoms with van der Waals surface area (Å²) in [7, 11) is 0. The second-order valence-electron chi connectivity index (χ2n) is 8.20. The molecule has 3 aromatic heterocycles. The fraction of sp³-hybridized carbons (Fsp3) is 0.0370. The van der Waals surface area contributed by atoms with Crippen molar-refractivity contribution in [2.24, 2.45) is 0 Å². The lowest BCUT2D eigenvalue weighted by Gasteiger charge is -2.21. The van der Waals surface area contributed by atoms with E-state index in [4.69, 9.17) is 0 Å². The zero-order valence-electron chi connectivity index (χ0n) is 19.3. The average Bonchev–Trinajstić information content (AvgIpc) is 3.37. The molecular weight excluding hydrogens is 486 g/mol. The quantitative estimate of drug-likeness (QED) is 0.205. The first kappa shape index (κ1) is 22.6. The zero-order valence-corrected chi connectivity index (χ0v) is 20.1. The highest BCUT2D eigenvalue weighted by Gasteiger charge is 2.24. The fourth-order valence-electron chi connectivity index (χ4n) is 4.16. The molecule has 6 aromatic rings. The molecule has 0 aliphatic heterocycles. The number of benzene rings is 3. The monoisotopic (exact) mass is 505 g/mol. The van der Waals surface area contributed by atoms with Crippen molar-refractivity contribution in [1.82, 2.24) is 25.0 Å². The van der Waals surface area contributed by atoms with E-state index in [0.717, 1.165) is 26.8 Å². The number of hydrogen-bond acceptors (Lipinski definition) is 8. The normalized spacial score (nSPS) is 12.0. The van der Waals surface area contributed by atoms with Gasteiger partial charge in [-0.25, -0.2) is 9.67 Å². The second-order valence-corrected chi connectivity index (χ2v) is 9.29. The Balaban J connectivity index is 1.44. The number of anilines is 1. The van der Waals surface area contributed by atoms with Crippen molar-refractivity contribution in [3.8, 4) is 0 Å². The Hall–Kier alpha value is -4.83. The van der Waals surface area contributed by atoms with Crippen molar-refractivity contribution < 1.29 is 4.92 Å². The number of rotatable bonds is 7. The Morgan fingerprint density at radius 3 is 2.57 bits per heavy atom. The summed E-state index contributed by atoms with van der Waals surface area (Å²) >= 11 is 1.32. The van der Waals surface area contributed by atoms with Crippen LogP contribution in [0.5, 0.6) is 0 Å². The molecule has 10 heteroatoms. The SMILES string of the molecule is O=[N+]([O-])c1cc(C(Nc2ccccn2)n2nnc3ccccc32)ccc1Sc1cccc2cccnc12. The summed E-state index contributed by atoms with van der Waals surface area (Å²) in [6, 6.07) is 28.0. The molecule has 1 N–H and O–H groups in total. The summed E-state index contributed by atoms with van der Waals surface area (Å²) < 4.78 is 1.71. The molecule has 0 aliphatic rings. The molecule has 0 saturated carbocycles. The summed E-state index contributed by atoms with van der Waals surface area (Å²) in [6.45, 7) is 0. The summed E-state index contributed by atoms with van der Waals surface area (Å²) in [6.07, 6.45) is 2.82. The van der Waals surface area contributed by atoms with Crippen molar-refractivity contribution in [2.75, 3.05) is 5.32 Å². The molecule has 37 heavy (non-hydrogen) atoms. The van der Waals surface area contributed by atoms with Crippen LogP contribution in [0.4, 0.5) is 11.5 Å². The van der Waals surface area contributed by atoms with Crippen LogP contribution >= 0.6 is 11.8 Å². The predicted octanol–water partition coefficient (Wildman–Crippen LogP) is 6.09. The van der Waals surface area contributed by atoms with E-state index < -0.39 is 6.17 Å². The zero-order chi connectivity index (χ0) is 25.2. The van der Waals surface area contributed by atoms with Gasteiger partial charge in [0.05, 0.1) is 20.9 Å². The number of nitro benzene ring substituents is 1. The molecule has 1 unspecified atom stereocenters. The number of para-hydroxylation sites is 2. The number of aromatic nitrogens is 5. The molecule has 3 heterocycles. The maximum absolute atomic E-state index is 12.2. The van der Waals surface area contributed by atoms with Gasteiger partial charge in [-0.3, -0.25) is 15.1 Å². The van der Waals surface area contributed by atoms with E-state index in [-0.39, 0.29) is 10.6 Å². The van der Waals surface area contributed by atoms with Crippen LogP contribution in [-0.4, -0.2) is 29.9 Å². The molecule has 0 fully saturated rings. The molecule has 1 atom stereocenters. The highest BCUT2D eigenvalue weighted by atomic mass is 32.2. The molecule has 9 nitrogen and oxygen atoms in total. The van der Waals surface area contributed by atoms with E-state index in [9.17, 15) is 10.1 Å². The standard InChI is InChI=1S/C27H19N7O2S/c35-34(36)22-17-19(13-14-23(22)37-24-11-5-7-18-8-6-16-29-26(18)24)27(30-25-12-3-4-15-28-25)33-21-10-2-1-9-20(21)31-32-33/h1-17,27H,(H,28,30). The fourth-order valence-corrected chi connectivity index (χ4v) is 5.19. The summed E-state index contributed by atoms with van der Waals surface area (Å²) in [5.74, 6) is 0.606. The molecule has 0 bridgehead atoms. The highest BCUT2D eigenvalue weighted by Crippen LogP contribution is 2.39. The van der Waals surface area contributed by atoms with Gasteiger partial charge in [0, 0.05) is 34.3 Å². The van der Waals surface area contributed by atoms with Gasteiger partial charge in [-0.15, -0.1) is 5.10 Å². The van der Waals surface area contributed by atoms with Gasteiger partial charge < -0.3 is 5.32 Å². The van der Waals surface area contributed by atoms with E-state index in [0.29, 0.717) is 16.3 Å². The smallest absolute Gasteiger partial charge is 0.283 e. The molecule has 0 radical (unpaired) electrons. The van der Waals surface area contributed by atoms with Gasteiger partial charge in [-0.2, -0.15) is 0 Å². The number of nitro groups is 1. The lowest BCUT2D eigenvalue weighted by atomic mass is 10.1. The Kier molecular flexibility index (Phi) is 5.91. The third-order valence-electron chi connectivity index (χ3n) is 5.88. The van der Waals surface area contributed by atoms with Crippen LogP contribution in [0.1, 0.15) is 11.7 Å². The first-order chi connectivity index (χ1) is 18.2. The van der Waals surface area contributed by atoms with E-state index in [1.54, 1.807) is 29.2 Å². The number of nitrogens with one attached hydrogen (secondary N) is 1. The van der Waals surface area contributed by atoms with Gasteiger partial charge >= 0.3 is 0 Å². The number of nitrogens with zero attached hydrogens (tertiary/aromatic N) is 6. The van der Waals surface area contributed by atoms with Gasteiger partial charge in [-0.05, 0) is 42.5 Å². The van der Waals surface area contributed by atoms with E-state index >= 15 is 0 Å². The van der Waals surface area contributed by atoms with Gasteiger partial charge in [0.25, 0.3) is 5.69 Å². The summed E-state index contributed by atoms with van der Waals surface area (Å²) in [5.41, 5.74) is 2.96. The number of hydrogen-bond donors (Lipinski definition) is 1. The minimum absolute atomic E-state index is 0.00678. The number of fused-ring (bicyclic) bond motifs is 2. The van der Waals surface area contributed by atoms with E-state index in [2.05, 4.69) is 25.6 Å². The molecule has 0 saturated heterocycles. The third kappa shape index (κ3) is 4.45. The molecule has 180 valence electrons. The summed E-state index contributed by atoms with van der Waals surface area (Å²) in [5, 5.41) is 25.2. The highest BCUT2D eigenvalue weighted by molar-refractivity contribution is 7.99. The van der Waals surface area contributed by atoms with Crippen LogP contribution in [0.3, 0.4) is 0 Å². The van der Waals surface area contributed by atoms with E-state index in [1.807, 2.05) is 78.9 Å². The Morgan fingerprint density at radius 2 is 1.70 bits per heavy atom. The largest absolute Gasteiger partial charge is 0.345 e. The topological polar surface area (TPSA) is 112 Å². The minimum atomic E-state index is -0.584. The average molecular weight is 506 g/mol. The third-order valence-corrected chi connectivity index (χ3v) is 7.00. The van der Waals surface area contributed by atoms with Gasteiger partial charge in [0.1, 0.15) is 17.5 Å². The van der Waals surface area contributed by atoms with Crippen LogP contribution in [0.15, 0.2) is 113 Å². The Bertz CT molecular complexity index is 1730. The van der Waals surface area contributed by atoms with Crippen LogP contribution in [0.2, 0.25) is 0 Å². The lowest BCUT2D eigenvalue weighted by Crippen LogP contribution is -2.21. The van der Waals surface area contributed by atoms with Crippen LogP contribution in [0, 0.1) is 10.1 Å².